The van der Waals surface area contributed by atoms with E-state index in [0.29, 0.717) is 17.1 Å². The number of carbonyl (C=O) groups excluding carboxylic acids is 1. The SMILES string of the molecule is O=C(Nc1cc(-c2ccoc2)nn1-c1ccccc1)c1cccnc1Cl. The molecule has 0 unspecified atom stereocenters. The van der Waals surface area contributed by atoms with Gasteiger partial charge in [0.05, 0.1) is 29.5 Å². The molecular formula is C19H13ClN4O2. The van der Waals surface area contributed by atoms with Crippen LogP contribution in [0.25, 0.3) is 16.9 Å². The second kappa shape index (κ2) is 6.85. The predicted octanol–water partition coefficient (Wildman–Crippen LogP) is 4.43. The van der Waals surface area contributed by atoms with E-state index in [1.54, 1.807) is 41.5 Å². The van der Waals surface area contributed by atoms with Gasteiger partial charge in [0.1, 0.15) is 11.0 Å². The number of carbonyl (C=O) groups is 1. The summed E-state index contributed by atoms with van der Waals surface area (Å²) in [6, 6.07) is 16.4. The normalized spacial score (nSPS) is 10.7. The standard InChI is InChI=1S/C19H13ClN4O2/c20-18-15(7-4-9-21-18)19(25)22-17-11-16(13-8-10-26-12-13)23-24(17)14-5-2-1-3-6-14/h1-12H,(H,22,25). The lowest BCUT2D eigenvalue weighted by Gasteiger charge is -2.09. The Bertz CT molecular complexity index is 1040. The van der Waals surface area contributed by atoms with Crippen LogP contribution in [0.15, 0.2) is 77.7 Å². The first-order valence-corrected chi connectivity index (χ1v) is 8.20. The minimum Gasteiger partial charge on any atom is -0.472 e. The van der Waals surface area contributed by atoms with Crippen molar-refractivity contribution in [1.29, 1.82) is 0 Å². The molecule has 6 nitrogen and oxygen atoms in total. The molecule has 4 aromatic rings. The highest BCUT2D eigenvalue weighted by Crippen LogP contribution is 2.26. The number of rotatable bonds is 4. The third-order valence-corrected chi connectivity index (χ3v) is 4.07. The van der Waals surface area contributed by atoms with Gasteiger partial charge in [-0.25, -0.2) is 9.67 Å². The lowest BCUT2D eigenvalue weighted by molar-refractivity contribution is 0.102. The monoisotopic (exact) mass is 364 g/mol. The first-order chi connectivity index (χ1) is 12.7. The van der Waals surface area contributed by atoms with Crippen LogP contribution in [0.3, 0.4) is 0 Å². The number of pyridine rings is 1. The van der Waals surface area contributed by atoms with Gasteiger partial charge in [0.25, 0.3) is 5.91 Å². The van der Waals surface area contributed by atoms with Crippen molar-refractivity contribution in [2.45, 2.75) is 0 Å². The average molecular weight is 365 g/mol. The fraction of sp³-hybridized carbons (Fsp3) is 0. The lowest BCUT2D eigenvalue weighted by Crippen LogP contribution is -2.15. The van der Waals surface area contributed by atoms with Crippen molar-refractivity contribution in [3.05, 3.63) is 84.0 Å². The molecule has 4 rings (SSSR count). The minimum absolute atomic E-state index is 0.144. The number of para-hydroxylation sites is 1. The number of hydrogen-bond acceptors (Lipinski definition) is 4. The summed E-state index contributed by atoms with van der Waals surface area (Å²) in [6.07, 6.45) is 4.70. The second-order valence-electron chi connectivity index (χ2n) is 5.47. The first kappa shape index (κ1) is 16.1. The molecule has 26 heavy (non-hydrogen) atoms. The molecule has 0 bridgehead atoms. The highest BCUT2D eigenvalue weighted by atomic mass is 35.5. The van der Waals surface area contributed by atoms with E-state index in [0.717, 1.165) is 11.3 Å². The summed E-state index contributed by atoms with van der Waals surface area (Å²) in [4.78, 5) is 16.6. The van der Waals surface area contributed by atoms with Crippen LogP contribution in [0.1, 0.15) is 10.4 Å². The van der Waals surface area contributed by atoms with Gasteiger partial charge in [0.15, 0.2) is 0 Å². The summed E-state index contributed by atoms with van der Waals surface area (Å²) < 4.78 is 6.78. The number of furan rings is 1. The van der Waals surface area contributed by atoms with Crippen molar-refractivity contribution in [2.24, 2.45) is 0 Å². The molecule has 1 aromatic carbocycles. The van der Waals surface area contributed by atoms with Gasteiger partial charge in [-0.15, -0.1) is 0 Å². The fourth-order valence-electron chi connectivity index (χ4n) is 2.53. The second-order valence-corrected chi connectivity index (χ2v) is 5.83. The van der Waals surface area contributed by atoms with Crippen LogP contribution in [-0.4, -0.2) is 20.7 Å². The molecule has 1 amide bonds. The predicted molar refractivity (Wildman–Crippen MR) is 98.5 cm³/mol. The van der Waals surface area contributed by atoms with Crippen LogP contribution in [0.4, 0.5) is 5.82 Å². The number of hydrogen-bond donors (Lipinski definition) is 1. The van der Waals surface area contributed by atoms with Crippen LogP contribution in [0.2, 0.25) is 5.15 Å². The molecule has 0 radical (unpaired) electrons. The van der Waals surface area contributed by atoms with Gasteiger partial charge in [-0.3, -0.25) is 4.79 Å². The van der Waals surface area contributed by atoms with E-state index in [4.69, 9.17) is 16.0 Å². The van der Waals surface area contributed by atoms with E-state index in [9.17, 15) is 4.79 Å². The lowest BCUT2D eigenvalue weighted by atomic mass is 10.2. The third kappa shape index (κ3) is 3.10. The zero-order chi connectivity index (χ0) is 17.9. The first-order valence-electron chi connectivity index (χ1n) is 7.82. The van der Waals surface area contributed by atoms with Crippen molar-refractivity contribution in [3.8, 4) is 16.9 Å². The average Bonchev–Trinajstić information content (AvgIpc) is 3.32. The molecule has 0 aliphatic heterocycles. The molecule has 0 spiro atoms. The molecule has 3 aromatic heterocycles. The summed E-state index contributed by atoms with van der Waals surface area (Å²) in [7, 11) is 0. The van der Waals surface area contributed by atoms with Crippen molar-refractivity contribution < 1.29 is 9.21 Å². The van der Waals surface area contributed by atoms with Gasteiger partial charge < -0.3 is 9.73 Å². The summed E-state index contributed by atoms with van der Waals surface area (Å²) in [5.41, 5.74) is 2.60. The van der Waals surface area contributed by atoms with E-state index in [-0.39, 0.29) is 11.1 Å². The van der Waals surface area contributed by atoms with Crippen molar-refractivity contribution in [2.75, 3.05) is 5.32 Å². The Labute approximate surface area is 154 Å². The number of anilines is 1. The van der Waals surface area contributed by atoms with E-state index >= 15 is 0 Å². The molecule has 3 heterocycles. The Balaban J connectivity index is 1.75. The smallest absolute Gasteiger partial charge is 0.259 e. The van der Waals surface area contributed by atoms with Gasteiger partial charge >= 0.3 is 0 Å². The molecule has 128 valence electrons. The zero-order valence-electron chi connectivity index (χ0n) is 13.5. The largest absolute Gasteiger partial charge is 0.472 e. The maximum atomic E-state index is 12.6. The van der Waals surface area contributed by atoms with Crippen LogP contribution in [0.5, 0.6) is 0 Å². The molecule has 7 heteroatoms. The van der Waals surface area contributed by atoms with E-state index in [1.165, 1.54) is 6.20 Å². The molecule has 0 saturated heterocycles. The Hall–Kier alpha value is -3.38. The number of halogens is 1. The maximum absolute atomic E-state index is 12.6. The molecule has 0 fully saturated rings. The quantitative estimate of drug-likeness (QED) is 0.543. The molecule has 0 saturated carbocycles. The van der Waals surface area contributed by atoms with Crippen LogP contribution < -0.4 is 5.32 Å². The van der Waals surface area contributed by atoms with Gasteiger partial charge in [0.2, 0.25) is 0 Å². The number of amides is 1. The van der Waals surface area contributed by atoms with E-state index in [1.807, 2.05) is 30.3 Å². The highest BCUT2D eigenvalue weighted by molar-refractivity contribution is 6.33. The van der Waals surface area contributed by atoms with Gasteiger partial charge in [-0.2, -0.15) is 5.10 Å². The van der Waals surface area contributed by atoms with Gasteiger partial charge in [-0.05, 0) is 30.3 Å². The molecule has 1 N–H and O–H groups in total. The number of aromatic nitrogens is 3. The summed E-state index contributed by atoms with van der Waals surface area (Å²) in [5, 5.41) is 7.58. The number of nitrogens with one attached hydrogen (secondary N) is 1. The number of benzene rings is 1. The summed E-state index contributed by atoms with van der Waals surface area (Å²) in [6.45, 7) is 0. The van der Waals surface area contributed by atoms with Crippen LogP contribution in [-0.2, 0) is 0 Å². The topological polar surface area (TPSA) is 73.0 Å². The Morgan fingerprint density at radius 3 is 2.69 bits per heavy atom. The van der Waals surface area contributed by atoms with Crippen molar-refractivity contribution >= 4 is 23.3 Å². The van der Waals surface area contributed by atoms with Gasteiger partial charge in [0, 0.05) is 17.8 Å². The molecule has 0 aliphatic rings. The van der Waals surface area contributed by atoms with Crippen LogP contribution in [0, 0.1) is 0 Å². The fourth-order valence-corrected chi connectivity index (χ4v) is 2.73. The van der Waals surface area contributed by atoms with Crippen LogP contribution >= 0.6 is 11.6 Å². The Morgan fingerprint density at radius 2 is 1.96 bits per heavy atom. The Morgan fingerprint density at radius 1 is 1.12 bits per heavy atom. The highest BCUT2D eigenvalue weighted by Gasteiger charge is 2.17. The molecule has 0 aliphatic carbocycles. The van der Waals surface area contributed by atoms with E-state index < -0.39 is 0 Å². The maximum Gasteiger partial charge on any atom is 0.259 e. The Kier molecular flexibility index (Phi) is 4.25. The van der Waals surface area contributed by atoms with Gasteiger partial charge in [-0.1, -0.05) is 29.8 Å². The third-order valence-electron chi connectivity index (χ3n) is 3.77. The van der Waals surface area contributed by atoms with Crippen molar-refractivity contribution in [3.63, 3.8) is 0 Å². The minimum atomic E-state index is -0.362. The molecular weight excluding hydrogens is 352 g/mol. The summed E-state index contributed by atoms with van der Waals surface area (Å²) in [5.74, 6) is 0.149. The van der Waals surface area contributed by atoms with Crippen molar-refractivity contribution in [1.82, 2.24) is 14.8 Å². The zero-order valence-corrected chi connectivity index (χ0v) is 14.2. The number of nitrogens with zero attached hydrogens (tertiary/aromatic N) is 3. The molecule has 0 atom stereocenters. The van der Waals surface area contributed by atoms with E-state index in [2.05, 4.69) is 15.4 Å². The summed E-state index contributed by atoms with van der Waals surface area (Å²) >= 11 is 6.02.